The van der Waals surface area contributed by atoms with Crippen molar-refractivity contribution in [1.29, 1.82) is 0 Å². The molecule has 1 aromatic carbocycles. The van der Waals surface area contributed by atoms with Gasteiger partial charge < -0.3 is 10.3 Å². The molecular weight excluding hydrogens is 234 g/mol. The Hall–Kier alpha value is -2.03. The Morgan fingerprint density at radius 1 is 1.26 bits per heavy atom. The van der Waals surface area contributed by atoms with Crippen LogP contribution >= 0.6 is 0 Å². The molecule has 0 aliphatic carbocycles. The van der Waals surface area contributed by atoms with Crippen molar-refractivity contribution in [2.75, 3.05) is 5.73 Å². The largest absolute Gasteiger partial charge is 0.383 e. The van der Waals surface area contributed by atoms with Gasteiger partial charge in [0.05, 0.1) is 0 Å². The van der Waals surface area contributed by atoms with E-state index in [2.05, 4.69) is 50.5 Å². The molecule has 0 fully saturated rings. The minimum absolute atomic E-state index is 0.701. The number of aromatic nitrogens is 2. The first-order valence-electron chi connectivity index (χ1n) is 6.61. The molecule has 0 amide bonds. The lowest BCUT2D eigenvalue weighted by Crippen LogP contribution is -2.05. The summed E-state index contributed by atoms with van der Waals surface area (Å²) in [7, 11) is 0. The monoisotopic (exact) mass is 255 g/mol. The first kappa shape index (κ1) is 13.4. The molecule has 0 aliphatic rings. The van der Waals surface area contributed by atoms with E-state index in [0.29, 0.717) is 6.54 Å². The zero-order valence-electron chi connectivity index (χ0n) is 11.9. The summed E-state index contributed by atoms with van der Waals surface area (Å²) in [5, 5.41) is 0. The molecule has 0 atom stereocenters. The quantitative estimate of drug-likeness (QED) is 0.850. The number of hydrogen-bond acceptors (Lipinski definition) is 2. The highest BCUT2D eigenvalue weighted by Crippen LogP contribution is 2.28. The van der Waals surface area contributed by atoms with Gasteiger partial charge in [-0.3, -0.25) is 0 Å². The fourth-order valence-electron chi connectivity index (χ4n) is 2.44. The molecule has 100 valence electrons. The van der Waals surface area contributed by atoms with E-state index in [1.54, 1.807) is 0 Å². The molecule has 19 heavy (non-hydrogen) atoms. The van der Waals surface area contributed by atoms with Crippen molar-refractivity contribution < 1.29 is 0 Å². The topological polar surface area (TPSA) is 43.8 Å². The number of anilines is 1. The number of aryl methyl sites for hydroxylation is 3. The van der Waals surface area contributed by atoms with E-state index in [9.17, 15) is 0 Å². The van der Waals surface area contributed by atoms with Crippen molar-refractivity contribution in [3.63, 3.8) is 0 Å². The second-order valence-electron chi connectivity index (χ2n) is 4.89. The second-order valence-corrected chi connectivity index (χ2v) is 4.89. The van der Waals surface area contributed by atoms with Crippen LogP contribution in [0.15, 0.2) is 30.9 Å². The Kier molecular flexibility index (Phi) is 3.74. The van der Waals surface area contributed by atoms with Crippen molar-refractivity contribution in [1.82, 2.24) is 9.55 Å². The fourth-order valence-corrected chi connectivity index (χ4v) is 2.44. The number of nitrogens with zero attached hydrogens (tertiary/aromatic N) is 2. The Balaban J connectivity index is 2.58. The third-order valence-corrected chi connectivity index (χ3v) is 3.21. The predicted molar refractivity (Wildman–Crippen MR) is 81.1 cm³/mol. The smallest absolute Gasteiger partial charge is 0.132 e. The third kappa shape index (κ3) is 2.55. The van der Waals surface area contributed by atoms with Crippen molar-refractivity contribution in [3.05, 3.63) is 47.8 Å². The highest BCUT2D eigenvalue weighted by Gasteiger charge is 2.14. The third-order valence-electron chi connectivity index (χ3n) is 3.21. The van der Waals surface area contributed by atoms with E-state index in [1.165, 1.54) is 11.1 Å². The summed E-state index contributed by atoms with van der Waals surface area (Å²) in [6, 6.07) is 6.41. The highest BCUT2D eigenvalue weighted by atomic mass is 15.1. The van der Waals surface area contributed by atoms with Crippen molar-refractivity contribution >= 4 is 5.82 Å². The van der Waals surface area contributed by atoms with Gasteiger partial charge in [0.1, 0.15) is 17.3 Å². The first-order valence-corrected chi connectivity index (χ1v) is 6.61. The maximum atomic E-state index is 6.25. The number of benzene rings is 1. The van der Waals surface area contributed by atoms with Crippen molar-refractivity contribution in [2.24, 2.45) is 0 Å². The van der Waals surface area contributed by atoms with Gasteiger partial charge in [-0.2, -0.15) is 0 Å². The van der Waals surface area contributed by atoms with Gasteiger partial charge in [-0.25, -0.2) is 4.98 Å². The molecule has 1 aromatic heterocycles. The van der Waals surface area contributed by atoms with E-state index < -0.39 is 0 Å². The molecule has 0 spiro atoms. The van der Waals surface area contributed by atoms with Crippen LogP contribution in [0.5, 0.6) is 0 Å². The summed E-state index contributed by atoms with van der Waals surface area (Å²) in [4.78, 5) is 4.69. The van der Waals surface area contributed by atoms with Gasteiger partial charge in [0, 0.05) is 18.5 Å². The van der Waals surface area contributed by atoms with Crippen LogP contribution in [-0.2, 0) is 13.0 Å². The lowest BCUT2D eigenvalue weighted by Gasteiger charge is -2.06. The van der Waals surface area contributed by atoms with Crippen LogP contribution < -0.4 is 5.73 Å². The molecule has 0 aliphatic heterocycles. The maximum Gasteiger partial charge on any atom is 0.132 e. The molecule has 0 unspecified atom stereocenters. The summed E-state index contributed by atoms with van der Waals surface area (Å²) in [5.41, 5.74) is 10.7. The molecule has 2 rings (SSSR count). The summed E-state index contributed by atoms with van der Waals surface area (Å²) in [6.45, 7) is 10.8. The SMILES string of the molecule is C=CCn1c(CC)nc(-c2cc(C)cc(C)c2)c1N. The van der Waals surface area contributed by atoms with Crippen LogP contribution in [0, 0.1) is 13.8 Å². The molecule has 0 radical (unpaired) electrons. The molecular formula is C16H21N3. The number of nitrogens with two attached hydrogens (primary N) is 1. The number of allylic oxidation sites excluding steroid dienone is 1. The molecule has 2 N–H and O–H groups in total. The van der Waals surface area contributed by atoms with Crippen LogP contribution in [0.3, 0.4) is 0 Å². The first-order chi connectivity index (χ1) is 9.06. The van der Waals surface area contributed by atoms with Crippen LogP contribution in [0.2, 0.25) is 0 Å². The number of imidazole rings is 1. The average molecular weight is 255 g/mol. The van der Waals surface area contributed by atoms with E-state index in [4.69, 9.17) is 5.73 Å². The van der Waals surface area contributed by atoms with Gasteiger partial charge in [-0.05, 0) is 26.0 Å². The molecule has 0 saturated carbocycles. The summed E-state index contributed by atoms with van der Waals surface area (Å²) in [6.07, 6.45) is 2.71. The summed E-state index contributed by atoms with van der Waals surface area (Å²) in [5.74, 6) is 1.73. The molecule has 2 aromatic rings. The highest BCUT2D eigenvalue weighted by molar-refractivity contribution is 5.72. The van der Waals surface area contributed by atoms with Crippen LogP contribution in [0.1, 0.15) is 23.9 Å². The molecule has 0 saturated heterocycles. The fraction of sp³-hybridized carbons (Fsp3) is 0.312. The molecule has 1 heterocycles. The number of nitrogen functional groups attached to an aromatic ring is 1. The van der Waals surface area contributed by atoms with Gasteiger partial charge in [-0.1, -0.05) is 30.2 Å². The van der Waals surface area contributed by atoms with Gasteiger partial charge in [-0.15, -0.1) is 6.58 Å². The average Bonchev–Trinajstić information content (AvgIpc) is 2.66. The predicted octanol–water partition coefficient (Wildman–Crippen LogP) is 3.50. The number of hydrogen-bond donors (Lipinski definition) is 1. The molecule has 3 nitrogen and oxygen atoms in total. The van der Waals surface area contributed by atoms with Gasteiger partial charge in [0.2, 0.25) is 0 Å². The second kappa shape index (κ2) is 5.31. The van der Waals surface area contributed by atoms with Crippen molar-refractivity contribution in [3.8, 4) is 11.3 Å². The van der Waals surface area contributed by atoms with E-state index in [0.717, 1.165) is 29.3 Å². The van der Waals surface area contributed by atoms with Crippen LogP contribution in [0.25, 0.3) is 11.3 Å². The molecule has 3 heteroatoms. The van der Waals surface area contributed by atoms with Crippen molar-refractivity contribution in [2.45, 2.75) is 33.7 Å². The van der Waals surface area contributed by atoms with Crippen LogP contribution in [0.4, 0.5) is 5.82 Å². The Morgan fingerprint density at radius 2 is 1.89 bits per heavy atom. The summed E-state index contributed by atoms with van der Waals surface area (Å²) < 4.78 is 2.03. The zero-order chi connectivity index (χ0) is 14.0. The van der Waals surface area contributed by atoms with Gasteiger partial charge in [0.25, 0.3) is 0 Å². The summed E-state index contributed by atoms with van der Waals surface area (Å²) >= 11 is 0. The Morgan fingerprint density at radius 3 is 2.42 bits per heavy atom. The lowest BCUT2D eigenvalue weighted by molar-refractivity contribution is 0.757. The maximum absolute atomic E-state index is 6.25. The van der Waals surface area contributed by atoms with E-state index in [1.807, 2.05) is 10.6 Å². The van der Waals surface area contributed by atoms with Gasteiger partial charge in [0.15, 0.2) is 0 Å². The number of rotatable bonds is 4. The van der Waals surface area contributed by atoms with Gasteiger partial charge >= 0.3 is 0 Å². The molecule has 0 bridgehead atoms. The normalized spacial score (nSPS) is 10.7. The van der Waals surface area contributed by atoms with E-state index >= 15 is 0 Å². The Bertz CT molecular complexity index is 588. The minimum atomic E-state index is 0.701. The Labute approximate surface area is 114 Å². The van der Waals surface area contributed by atoms with Crippen LogP contribution in [-0.4, -0.2) is 9.55 Å². The van der Waals surface area contributed by atoms with E-state index in [-0.39, 0.29) is 0 Å². The lowest BCUT2D eigenvalue weighted by atomic mass is 10.1. The minimum Gasteiger partial charge on any atom is -0.383 e. The standard InChI is InChI=1S/C16H21N3/c1-5-7-19-14(6-2)18-15(16(19)17)13-9-11(3)8-12(4)10-13/h5,8-10H,1,6-7,17H2,2-4H3. The zero-order valence-corrected chi connectivity index (χ0v) is 11.9.